The second-order valence-electron chi connectivity index (χ2n) is 10.0. The van der Waals surface area contributed by atoms with Gasteiger partial charge in [0.05, 0.1) is 24.6 Å². The van der Waals surface area contributed by atoms with Crippen molar-refractivity contribution in [3.05, 3.63) is 120 Å². The van der Waals surface area contributed by atoms with Gasteiger partial charge < -0.3 is 20.3 Å². The predicted octanol–water partition coefficient (Wildman–Crippen LogP) is 6.92. The number of carbonyl (C=O) groups excluding carboxylic acids is 1. The summed E-state index contributed by atoms with van der Waals surface area (Å²) in [6.45, 7) is 1.36. The lowest BCUT2D eigenvalue weighted by Gasteiger charge is -2.20. The summed E-state index contributed by atoms with van der Waals surface area (Å²) in [5.74, 6) is 0.266. The van der Waals surface area contributed by atoms with E-state index in [0.717, 1.165) is 37.5 Å². The van der Waals surface area contributed by atoms with Crippen molar-refractivity contribution in [2.45, 2.75) is 12.6 Å². The Morgan fingerprint density at radius 1 is 1.02 bits per heavy atom. The van der Waals surface area contributed by atoms with E-state index in [9.17, 15) is 9.18 Å². The van der Waals surface area contributed by atoms with Crippen molar-refractivity contribution in [3.63, 3.8) is 0 Å². The summed E-state index contributed by atoms with van der Waals surface area (Å²) in [6.07, 6.45) is 4.93. The summed E-state index contributed by atoms with van der Waals surface area (Å²) in [7, 11) is 3.90. The Balaban J connectivity index is 1.31. The van der Waals surface area contributed by atoms with Crippen LogP contribution in [-0.4, -0.2) is 48.0 Å². The third-order valence-corrected chi connectivity index (χ3v) is 7.55. The van der Waals surface area contributed by atoms with Crippen molar-refractivity contribution in [2.75, 3.05) is 37.9 Å². The maximum absolute atomic E-state index is 13.6. The first-order chi connectivity index (χ1) is 20.4. The van der Waals surface area contributed by atoms with Gasteiger partial charge in [0, 0.05) is 23.2 Å². The van der Waals surface area contributed by atoms with Crippen molar-refractivity contribution in [2.24, 2.45) is 0 Å². The van der Waals surface area contributed by atoms with E-state index in [1.807, 2.05) is 85.7 Å². The lowest BCUT2D eigenvalue weighted by Crippen LogP contribution is -2.18. The number of thiophene rings is 1. The molecule has 2 N–H and O–H groups in total. The van der Waals surface area contributed by atoms with Gasteiger partial charge >= 0.3 is 0 Å². The van der Waals surface area contributed by atoms with Gasteiger partial charge in [-0.15, -0.1) is 11.3 Å². The minimum atomic E-state index is -0.280. The van der Waals surface area contributed by atoms with Crippen LogP contribution in [-0.2, 0) is 16.1 Å². The van der Waals surface area contributed by atoms with Crippen LogP contribution < -0.4 is 10.6 Å². The smallest absolute Gasteiger partial charge is 0.248 e. The standard InChI is InChI=1S/C33H32FN5O2S/c1-39(2)17-7-12-31(40)37-27-15-13-25(14-16-27)30-19-28-32(35-22-36-33(28)42-30)38-29(24-9-4-3-5-10-24)21-41-20-23-8-6-11-26(34)18-23/h3-16,18-19,22,29H,17,20-21H2,1-2H3,(H,37,40)(H,35,36,38)/t29-/m1/s1. The number of likely N-dealkylation sites (N-methyl/N-ethyl adjacent to an activating group) is 1. The number of fused-ring (bicyclic) bond motifs is 1. The van der Waals surface area contributed by atoms with Crippen molar-refractivity contribution >= 4 is 39.0 Å². The number of anilines is 2. The van der Waals surface area contributed by atoms with Crippen LogP contribution >= 0.6 is 11.3 Å². The topological polar surface area (TPSA) is 79.4 Å². The highest BCUT2D eigenvalue weighted by atomic mass is 32.1. The zero-order valence-corrected chi connectivity index (χ0v) is 24.3. The third kappa shape index (κ3) is 7.85. The van der Waals surface area contributed by atoms with Crippen molar-refractivity contribution in [1.29, 1.82) is 0 Å². The van der Waals surface area contributed by atoms with Crippen LogP contribution in [0.25, 0.3) is 20.7 Å². The van der Waals surface area contributed by atoms with Crippen molar-refractivity contribution in [1.82, 2.24) is 14.9 Å². The second kappa shape index (κ2) is 14.0. The second-order valence-corrected chi connectivity index (χ2v) is 11.1. The number of halogens is 1. The summed E-state index contributed by atoms with van der Waals surface area (Å²) < 4.78 is 19.6. The maximum atomic E-state index is 13.6. The number of hydrogen-bond acceptors (Lipinski definition) is 7. The van der Waals surface area contributed by atoms with Crippen LogP contribution in [0.2, 0.25) is 0 Å². The van der Waals surface area contributed by atoms with Crippen LogP contribution in [0.5, 0.6) is 0 Å². The monoisotopic (exact) mass is 581 g/mol. The van der Waals surface area contributed by atoms with Gasteiger partial charge in [0.1, 0.15) is 22.8 Å². The fourth-order valence-corrected chi connectivity index (χ4v) is 5.38. The van der Waals surface area contributed by atoms with E-state index in [2.05, 4.69) is 26.7 Å². The van der Waals surface area contributed by atoms with E-state index in [4.69, 9.17) is 4.74 Å². The van der Waals surface area contributed by atoms with E-state index in [0.29, 0.717) is 25.6 Å². The van der Waals surface area contributed by atoms with E-state index in [1.54, 1.807) is 29.8 Å². The number of benzene rings is 3. The summed E-state index contributed by atoms with van der Waals surface area (Å²) in [5, 5.41) is 7.36. The van der Waals surface area contributed by atoms with Gasteiger partial charge in [-0.1, -0.05) is 60.7 Å². The Hall–Kier alpha value is -4.44. The Morgan fingerprint density at radius 3 is 2.60 bits per heavy atom. The van der Waals surface area contributed by atoms with Gasteiger partial charge in [0.2, 0.25) is 5.91 Å². The predicted molar refractivity (Wildman–Crippen MR) is 168 cm³/mol. The minimum Gasteiger partial charge on any atom is -0.374 e. The first-order valence-corrected chi connectivity index (χ1v) is 14.4. The first kappa shape index (κ1) is 29.1. The molecule has 2 heterocycles. The number of nitrogens with one attached hydrogen (secondary N) is 2. The van der Waals surface area contributed by atoms with Crippen molar-refractivity contribution < 1.29 is 13.9 Å². The van der Waals surface area contributed by atoms with E-state index in [-0.39, 0.29) is 17.8 Å². The molecule has 9 heteroatoms. The lowest BCUT2D eigenvalue weighted by atomic mass is 10.1. The fourth-order valence-electron chi connectivity index (χ4n) is 4.38. The Labute approximate surface area is 248 Å². The third-order valence-electron chi connectivity index (χ3n) is 6.46. The van der Waals surface area contributed by atoms with Gasteiger partial charge in [-0.25, -0.2) is 14.4 Å². The Bertz CT molecular complexity index is 1650. The molecule has 5 rings (SSSR count). The van der Waals surface area contributed by atoms with E-state index < -0.39 is 0 Å². The zero-order valence-electron chi connectivity index (χ0n) is 23.5. The lowest BCUT2D eigenvalue weighted by molar-refractivity contribution is -0.111. The highest BCUT2D eigenvalue weighted by molar-refractivity contribution is 7.21. The molecule has 0 fully saturated rings. The number of carbonyl (C=O) groups is 1. The molecule has 0 unspecified atom stereocenters. The van der Waals surface area contributed by atoms with Crippen LogP contribution in [0.1, 0.15) is 17.2 Å². The quantitative estimate of drug-likeness (QED) is 0.156. The van der Waals surface area contributed by atoms with E-state index in [1.165, 1.54) is 12.1 Å². The molecule has 0 aliphatic rings. The molecule has 42 heavy (non-hydrogen) atoms. The average molecular weight is 582 g/mol. The van der Waals surface area contributed by atoms with Gasteiger partial charge in [0.25, 0.3) is 0 Å². The molecule has 0 saturated heterocycles. The summed E-state index contributed by atoms with van der Waals surface area (Å²) in [6, 6.07) is 26.1. The minimum absolute atomic E-state index is 0.162. The SMILES string of the molecule is CN(C)CC=CC(=O)Nc1ccc(-c2cc3c(N[C@H](COCc4cccc(F)c4)c4ccccc4)ncnc3s2)cc1. The van der Waals surface area contributed by atoms with Crippen LogP contribution in [0.15, 0.2) is 103 Å². The number of hydrogen-bond donors (Lipinski definition) is 2. The molecule has 7 nitrogen and oxygen atoms in total. The molecule has 1 amide bonds. The first-order valence-electron chi connectivity index (χ1n) is 13.6. The molecule has 0 aliphatic heterocycles. The van der Waals surface area contributed by atoms with E-state index >= 15 is 0 Å². The molecule has 1 atom stereocenters. The molecule has 0 saturated carbocycles. The summed E-state index contributed by atoms with van der Waals surface area (Å²) >= 11 is 1.58. The molecule has 214 valence electrons. The molecule has 0 bridgehead atoms. The molecule has 0 aliphatic carbocycles. The van der Waals surface area contributed by atoms with Crippen LogP contribution in [0.4, 0.5) is 15.9 Å². The number of amides is 1. The average Bonchev–Trinajstić information content (AvgIpc) is 3.43. The molecule has 2 aromatic heterocycles. The number of aromatic nitrogens is 2. The molecule has 0 radical (unpaired) electrons. The maximum Gasteiger partial charge on any atom is 0.248 e. The number of nitrogens with zero attached hydrogens (tertiary/aromatic N) is 3. The highest BCUT2D eigenvalue weighted by Crippen LogP contribution is 2.36. The van der Waals surface area contributed by atoms with Crippen molar-refractivity contribution in [3.8, 4) is 10.4 Å². The van der Waals surface area contributed by atoms with Gasteiger partial charge in [-0.2, -0.15) is 0 Å². The summed E-state index contributed by atoms with van der Waals surface area (Å²) in [4.78, 5) is 25.1. The van der Waals surface area contributed by atoms with Gasteiger partial charge in [-0.05, 0) is 61.1 Å². The van der Waals surface area contributed by atoms with Crippen LogP contribution in [0, 0.1) is 5.82 Å². The number of rotatable bonds is 12. The van der Waals surface area contributed by atoms with Gasteiger partial charge in [-0.3, -0.25) is 4.79 Å². The van der Waals surface area contributed by atoms with Crippen LogP contribution in [0.3, 0.4) is 0 Å². The molecule has 3 aromatic carbocycles. The molecular weight excluding hydrogens is 549 g/mol. The Morgan fingerprint density at radius 2 is 1.83 bits per heavy atom. The molecule has 0 spiro atoms. The highest BCUT2D eigenvalue weighted by Gasteiger charge is 2.17. The number of ether oxygens (including phenoxy) is 1. The fraction of sp³-hybridized carbons (Fsp3) is 0.182. The molecular formula is C33H32FN5O2S. The molecule has 5 aromatic rings. The largest absolute Gasteiger partial charge is 0.374 e. The summed E-state index contributed by atoms with van der Waals surface area (Å²) in [5.41, 5.74) is 3.57. The normalized spacial score (nSPS) is 12.2. The van der Waals surface area contributed by atoms with Gasteiger partial charge in [0.15, 0.2) is 0 Å². The Kier molecular flexibility index (Phi) is 9.66. The zero-order chi connectivity index (χ0) is 29.3.